The van der Waals surface area contributed by atoms with Crippen LogP contribution in [0.2, 0.25) is 0 Å². The van der Waals surface area contributed by atoms with Crippen LogP contribution in [0.4, 0.5) is 0 Å². The zero-order valence-corrected chi connectivity index (χ0v) is 9.14. The predicted molar refractivity (Wildman–Crippen MR) is 53.4 cm³/mol. The maximum atomic E-state index is 12.0. The largest absolute Gasteiger partial charge is 0.461 e. The smallest absolute Gasteiger partial charge is 0.302 e. The first-order valence-electron chi connectivity index (χ1n) is 5.82. The molecule has 0 aliphatic heterocycles. The molecule has 4 bridgehead atoms. The van der Waals surface area contributed by atoms with E-state index in [0.717, 1.165) is 6.42 Å². The van der Waals surface area contributed by atoms with E-state index in [1.165, 1.54) is 6.92 Å². The normalized spacial score (nSPS) is 44.9. The zero-order valence-electron chi connectivity index (χ0n) is 9.14. The van der Waals surface area contributed by atoms with Gasteiger partial charge >= 0.3 is 5.97 Å². The molecule has 0 heterocycles. The Kier molecular flexibility index (Phi) is 1.97. The van der Waals surface area contributed by atoms with Crippen LogP contribution < -0.4 is 0 Å². The highest BCUT2D eigenvalue weighted by atomic mass is 16.5. The molecule has 0 unspecified atom stereocenters. The van der Waals surface area contributed by atoms with Crippen molar-refractivity contribution in [3.8, 4) is 0 Å². The highest BCUT2D eigenvalue weighted by molar-refractivity contribution is 5.96. The Morgan fingerprint density at radius 3 is 2.00 bits per heavy atom. The molecule has 4 aliphatic carbocycles. The van der Waals surface area contributed by atoms with E-state index in [1.807, 2.05) is 0 Å². The minimum Gasteiger partial charge on any atom is -0.461 e. The van der Waals surface area contributed by atoms with Gasteiger partial charge in [-0.05, 0) is 19.3 Å². The molecule has 0 amide bonds. The molecule has 4 aliphatic rings. The summed E-state index contributed by atoms with van der Waals surface area (Å²) in [6.07, 6.45) is 1.47. The van der Waals surface area contributed by atoms with Gasteiger partial charge in [0.15, 0.2) is 0 Å². The lowest BCUT2D eigenvalue weighted by Crippen LogP contribution is -2.59. The van der Waals surface area contributed by atoms with E-state index < -0.39 is 12.1 Å². The summed E-state index contributed by atoms with van der Waals surface area (Å²) in [5.74, 6) is -0.264. The summed E-state index contributed by atoms with van der Waals surface area (Å²) in [7, 11) is 0. The molecule has 4 saturated carbocycles. The van der Waals surface area contributed by atoms with Crippen LogP contribution in [-0.2, 0) is 19.1 Å². The summed E-state index contributed by atoms with van der Waals surface area (Å²) in [5.41, 5.74) is 0. The van der Waals surface area contributed by atoms with E-state index in [2.05, 4.69) is 0 Å². The number of hydrogen-bond acceptors (Lipinski definition) is 4. The molecule has 4 nitrogen and oxygen atoms in total. The van der Waals surface area contributed by atoms with E-state index in [1.54, 1.807) is 0 Å². The van der Waals surface area contributed by atoms with Gasteiger partial charge in [-0.25, -0.2) is 0 Å². The van der Waals surface area contributed by atoms with Crippen molar-refractivity contribution < 1.29 is 19.1 Å². The molecule has 0 N–H and O–H groups in total. The summed E-state index contributed by atoms with van der Waals surface area (Å²) >= 11 is 0. The first-order valence-corrected chi connectivity index (χ1v) is 5.82. The molecule has 0 aromatic heterocycles. The van der Waals surface area contributed by atoms with Crippen LogP contribution in [0.5, 0.6) is 0 Å². The van der Waals surface area contributed by atoms with Crippen molar-refractivity contribution in [2.24, 2.45) is 23.7 Å². The lowest BCUT2D eigenvalue weighted by molar-refractivity contribution is -0.177. The minimum absolute atomic E-state index is 0.0539. The average Bonchev–Trinajstić information content (AvgIpc) is 2.20. The molecule has 16 heavy (non-hydrogen) atoms. The summed E-state index contributed by atoms with van der Waals surface area (Å²) < 4.78 is 5.19. The standard InChI is InChI=1S/C12H14O4/c1-5(13)16-12-8-3-6-2-7(11(8)15)4-9(12)10(6)14/h6-9,12H,2-4H2,1H3/t6-,7-,8-,9-/m0/s1. The Labute approximate surface area is 93.3 Å². The summed E-state index contributed by atoms with van der Waals surface area (Å²) in [5, 5.41) is 0. The molecule has 4 fully saturated rings. The van der Waals surface area contributed by atoms with Gasteiger partial charge in [0.25, 0.3) is 0 Å². The quantitative estimate of drug-likeness (QED) is 0.614. The third-order valence-corrected chi connectivity index (χ3v) is 4.28. The lowest BCUT2D eigenvalue weighted by Gasteiger charge is -2.50. The first kappa shape index (κ1) is 10.00. The second-order valence-electron chi connectivity index (χ2n) is 5.19. The fourth-order valence-corrected chi connectivity index (χ4v) is 3.68. The highest BCUT2D eigenvalue weighted by Crippen LogP contribution is 2.51. The summed E-state index contributed by atoms with van der Waals surface area (Å²) in [6, 6.07) is 0. The molecule has 4 rings (SSSR count). The monoisotopic (exact) mass is 222 g/mol. The number of hydrogen-bond donors (Lipinski definition) is 0. The van der Waals surface area contributed by atoms with Gasteiger partial charge in [0.1, 0.15) is 17.7 Å². The van der Waals surface area contributed by atoms with Gasteiger partial charge in [-0.3, -0.25) is 14.4 Å². The Morgan fingerprint density at radius 2 is 1.56 bits per heavy atom. The average molecular weight is 222 g/mol. The van der Waals surface area contributed by atoms with E-state index in [-0.39, 0.29) is 35.2 Å². The molecule has 0 aromatic rings. The maximum absolute atomic E-state index is 12.0. The zero-order chi connectivity index (χ0) is 11.4. The molecule has 4 atom stereocenters. The van der Waals surface area contributed by atoms with Crippen LogP contribution in [-0.4, -0.2) is 23.6 Å². The molecule has 0 radical (unpaired) electrons. The third kappa shape index (κ3) is 1.19. The summed E-state index contributed by atoms with van der Waals surface area (Å²) in [4.78, 5) is 34.9. The van der Waals surface area contributed by atoms with Gasteiger partial charge in [0, 0.05) is 18.8 Å². The number of Topliss-reactive ketones (excluding diaryl/α,β-unsaturated/α-hetero) is 2. The van der Waals surface area contributed by atoms with Gasteiger partial charge in [0.2, 0.25) is 0 Å². The molecule has 0 aromatic carbocycles. The van der Waals surface area contributed by atoms with Crippen molar-refractivity contribution in [3.63, 3.8) is 0 Å². The van der Waals surface area contributed by atoms with Crippen LogP contribution in [0.3, 0.4) is 0 Å². The number of ketones is 2. The fraction of sp³-hybridized carbons (Fsp3) is 0.750. The van der Waals surface area contributed by atoms with E-state index in [0.29, 0.717) is 12.8 Å². The van der Waals surface area contributed by atoms with Crippen LogP contribution in [0.25, 0.3) is 0 Å². The third-order valence-electron chi connectivity index (χ3n) is 4.28. The van der Waals surface area contributed by atoms with Gasteiger partial charge in [-0.2, -0.15) is 0 Å². The molecular weight excluding hydrogens is 208 g/mol. The van der Waals surface area contributed by atoms with Crippen molar-refractivity contribution in [2.75, 3.05) is 0 Å². The number of esters is 1. The Hall–Kier alpha value is -1.19. The van der Waals surface area contributed by atoms with Crippen molar-refractivity contribution in [1.82, 2.24) is 0 Å². The number of carbonyl (C=O) groups excluding carboxylic acids is 3. The second-order valence-corrected chi connectivity index (χ2v) is 5.19. The Morgan fingerprint density at radius 1 is 1.06 bits per heavy atom. The van der Waals surface area contributed by atoms with Crippen molar-refractivity contribution in [2.45, 2.75) is 32.3 Å². The molecule has 0 saturated heterocycles. The van der Waals surface area contributed by atoms with Crippen LogP contribution in [0, 0.1) is 23.7 Å². The van der Waals surface area contributed by atoms with Crippen molar-refractivity contribution in [3.05, 3.63) is 0 Å². The van der Waals surface area contributed by atoms with Gasteiger partial charge in [0.05, 0.1) is 11.8 Å². The van der Waals surface area contributed by atoms with Gasteiger partial charge < -0.3 is 4.74 Å². The minimum atomic E-state index is -0.467. The van der Waals surface area contributed by atoms with Crippen LogP contribution in [0.1, 0.15) is 26.2 Å². The van der Waals surface area contributed by atoms with Crippen molar-refractivity contribution in [1.29, 1.82) is 0 Å². The van der Waals surface area contributed by atoms with Crippen LogP contribution >= 0.6 is 0 Å². The second kappa shape index (κ2) is 3.15. The maximum Gasteiger partial charge on any atom is 0.302 e. The Balaban J connectivity index is 1.93. The topological polar surface area (TPSA) is 60.4 Å². The number of carbonyl (C=O) groups is 3. The molecule has 0 spiro atoms. The van der Waals surface area contributed by atoms with Crippen LogP contribution in [0.15, 0.2) is 0 Å². The predicted octanol–water partition coefficient (Wildman–Crippen LogP) is 0.732. The lowest BCUT2D eigenvalue weighted by atomic mass is 9.53. The SMILES string of the molecule is CC(=O)OC1[C@H]2C[C@@H]3C[C@@H](C[C@H]1C3=O)C2=O. The van der Waals surface area contributed by atoms with Gasteiger partial charge in [-0.1, -0.05) is 0 Å². The number of ether oxygens (including phenoxy) is 1. The van der Waals surface area contributed by atoms with Crippen molar-refractivity contribution >= 4 is 17.5 Å². The molecular formula is C12H14O4. The fourth-order valence-electron chi connectivity index (χ4n) is 3.68. The molecule has 86 valence electrons. The van der Waals surface area contributed by atoms with E-state index in [9.17, 15) is 14.4 Å². The Bertz CT molecular complexity index is 358. The van der Waals surface area contributed by atoms with E-state index >= 15 is 0 Å². The summed E-state index contributed by atoms with van der Waals surface area (Å²) in [6.45, 7) is 1.33. The highest BCUT2D eigenvalue weighted by Gasteiger charge is 2.58. The van der Waals surface area contributed by atoms with E-state index in [4.69, 9.17) is 4.74 Å². The molecule has 4 heteroatoms. The van der Waals surface area contributed by atoms with Gasteiger partial charge in [-0.15, -0.1) is 0 Å². The number of rotatable bonds is 1. The first-order chi connectivity index (χ1) is 7.58.